The molecule has 1 saturated heterocycles. The van der Waals surface area contributed by atoms with Gasteiger partial charge in [0.2, 0.25) is 0 Å². The highest BCUT2D eigenvalue weighted by Crippen LogP contribution is 2.42. The number of hydrogen-bond donors (Lipinski definition) is 0. The monoisotopic (exact) mass is 480 g/mol. The molecule has 1 aromatic heterocycles. The minimum Gasteiger partial charge on any atom is -0.497 e. The third kappa shape index (κ3) is 5.53. The average Bonchev–Trinajstić information content (AvgIpc) is 3.29. The maximum absolute atomic E-state index is 12.5. The van der Waals surface area contributed by atoms with Crippen LogP contribution >= 0.6 is 11.3 Å². The minimum atomic E-state index is -0.482. The molecule has 2 aromatic carbocycles. The summed E-state index contributed by atoms with van der Waals surface area (Å²) in [5.74, 6) is 1.96. The molecule has 34 heavy (non-hydrogen) atoms. The van der Waals surface area contributed by atoms with Crippen molar-refractivity contribution in [2.75, 3.05) is 27.3 Å². The third-order valence-corrected chi connectivity index (χ3v) is 7.12. The van der Waals surface area contributed by atoms with Crippen molar-refractivity contribution in [3.8, 4) is 33.2 Å². The lowest BCUT2D eigenvalue weighted by atomic mass is 9.97. The van der Waals surface area contributed by atoms with Gasteiger partial charge >= 0.3 is 6.09 Å². The van der Waals surface area contributed by atoms with E-state index >= 15 is 0 Å². The predicted octanol–water partition coefficient (Wildman–Crippen LogP) is 6.61. The fourth-order valence-electron chi connectivity index (χ4n) is 4.03. The summed E-state index contributed by atoms with van der Waals surface area (Å²) < 4.78 is 16.2. The largest absolute Gasteiger partial charge is 0.497 e. The number of amides is 1. The molecule has 1 fully saturated rings. The summed E-state index contributed by atoms with van der Waals surface area (Å²) >= 11 is 1.74. The average molecular weight is 481 g/mol. The Balaban J connectivity index is 1.60. The number of thiazole rings is 1. The molecule has 0 atom stereocenters. The highest BCUT2D eigenvalue weighted by Gasteiger charge is 2.30. The Bertz CT molecular complexity index is 1040. The Morgan fingerprint density at radius 1 is 0.912 bits per heavy atom. The molecule has 7 heteroatoms. The van der Waals surface area contributed by atoms with Crippen LogP contribution in [0.4, 0.5) is 4.79 Å². The molecule has 180 valence electrons. The van der Waals surface area contributed by atoms with Gasteiger partial charge in [0, 0.05) is 24.6 Å². The number of nitrogens with zero attached hydrogens (tertiary/aromatic N) is 2. The van der Waals surface area contributed by atoms with E-state index in [4.69, 9.17) is 19.2 Å². The SMILES string of the molecule is COc1ccc(-c2nc(C3CCN(C(=O)OC(C)(C)C)CC3)sc2-c2ccc(OC)cc2)cc1. The van der Waals surface area contributed by atoms with E-state index in [9.17, 15) is 4.79 Å². The molecule has 0 radical (unpaired) electrons. The van der Waals surface area contributed by atoms with E-state index < -0.39 is 5.60 Å². The van der Waals surface area contributed by atoms with E-state index in [1.165, 1.54) is 0 Å². The van der Waals surface area contributed by atoms with Crippen LogP contribution in [0, 0.1) is 0 Å². The number of carbonyl (C=O) groups is 1. The number of benzene rings is 2. The van der Waals surface area contributed by atoms with Crippen molar-refractivity contribution >= 4 is 17.4 Å². The zero-order valence-corrected chi connectivity index (χ0v) is 21.3. The summed E-state index contributed by atoms with van der Waals surface area (Å²) in [7, 11) is 3.34. The van der Waals surface area contributed by atoms with E-state index in [-0.39, 0.29) is 6.09 Å². The quantitative estimate of drug-likeness (QED) is 0.411. The standard InChI is InChI=1S/C27H32N2O4S/c1-27(2,3)33-26(30)29-16-14-20(15-17-29)25-28-23(18-6-10-21(31-4)11-7-18)24(34-25)19-8-12-22(32-5)13-9-19/h6-13,20H,14-17H2,1-5H3. The third-order valence-electron chi connectivity index (χ3n) is 5.86. The molecule has 4 rings (SSSR count). The van der Waals surface area contributed by atoms with Crippen LogP contribution in [0.2, 0.25) is 0 Å². The Morgan fingerprint density at radius 3 is 1.94 bits per heavy atom. The molecule has 0 N–H and O–H groups in total. The van der Waals surface area contributed by atoms with Gasteiger partial charge in [0.1, 0.15) is 17.1 Å². The van der Waals surface area contributed by atoms with Crippen LogP contribution in [0.1, 0.15) is 44.5 Å². The maximum Gasteiger partial charge on any atom is 0.410 e. The van der Waals surface area contributed by atoms with Gasteiger partial charge in [-0.05, 0) is 87.7 Å². The van der Waals surface area contributed by atoms with Gasteiger partial charge in [-0.2, -0.15) is 0 Å². The molecule has 0 spiro atoms. The Labute approximate surface area is 205 Å². The van der Waals surface area contributed by atoms with Crippen LogP contribution in [0.15, 0.2) is 48.5 Å². The van der Waals surface area contributed by atoms with Crippen molar-refractivity contribution < 1.29 is 19.0 Å². The first-order chi connectivity index (χ1) is 16.3. The smallest absolute Gasteiger partial charge is 0.410 e. The van der Waals surface area contributed by atoms with Crippen molar-refractivity contribution in [1.29, 1.82) is 0 Å². The van der Waals surface area contributed by atoms with Crippen LogP contribution in [-0.4, -0.2) is 48.9 Å². The summed E-state index contributed by atoms with van der Waals surface area (Å²) in [5.41, 5.74) is 2.66. The van der Waals surface area contributed by atoms with Crippen molar-refractivity contribution in [1.82, 2.24) is 9.88 Å². The summed E-state index contributed by atoms with van der Waals surface area (Å²) in [6.45, 7) is 7.04. The molecule has 1 aliphatic heterocycles. The highest BCUT2D eigenvalue weighted by atomic mass is 32.1. The van der Waals surface area contributed by atoms with Crippen LogP contribution in [0.25, 0.3) is 21.7 Å². The second-order valence-electron chi connectivity index (χ2n) is 9.43. The lowest BCUT2D eigenvalue weighted by Gasteiger charge is -2.32. The van der Waals surface area contributed by atoms with Gasteiger partial charge in [-0.25, -0.2) is 9.78 Å². The van der Waals surface area contributed by atoms with Crippen LogP contribution in [0.5, 0.6) is 11.5 Å². The molecule has 0 unspecified atom stereocenters. The zero-order valence-electron chi connectivity index (χ0n) is 20.5. The van der Waals surface area contributed by atoms with Gasteiger partial charge in [-0.15, -0.1) is 11.3 Å². The molecular formula is C27H32N2O4S. The van der Waals surface area contributed by atoms with Crippen molar-refractivity contribution in [2.24, 2.45) is 0 Å². The normalized spacial score (nSPS) is 14.7. The minimum absolute atomic E-state index is 0.233. The summed E-state index contributed by atoms with van der Waals surface area (Å²) in [4.78, 5) is 20.5. The summed E-state index contributed by atoms with van der Waals surface area (Å²) in [5, 5.41) is 1.11. The summed E-state index contributed by atoms with van der Waals surface area (Å²) in [6, 6.07) is 16.1. The molecule has 0 bridgehead atoms. The van der Waals surface area contributed by atoms with Crippen LogP contribution in [-0.2, 0) is 4.74 Å². The zero-order chi connectivity index (χ0) is 24.3. The fourth-order valence-corrected chi connectivity index (χ4v) is 5.29. The Hall–Kier alpha value is -3.06. The Kier molecular flexibility index (Phi) is 7.12. The van der Waals surface area contributed by atoms with Gasteiger partial charge in [-0.1, -0.05) is 0 Å². The van der Waals surface area contributed by atoms with Crippen molar-refractivity contribution in [3.05, 3.63) is 53.5 Å². The molecule has 6 nitrogen and oxygen atoms in total. The number of carbonyl (C=O) groups excluding carboxylic acids is 1. The van der Waals surface area contributed by atoms with Crippen LogP contribution < -0.4 is 9.47 Å². The molecule has 1 amide bonds. The second kappa shape index (κ2) is 10.1. The topological polar surface area (TPSA) is 60.9 Å². The van der Waals surface area contributed by atoms with E-state index in [0.717, 1.165) is 51.0 Å². The lowest BCUT2D eigenvalue weighted by Crippen LogP contribution is -2.41. The number of ether oxygens (including phenoxy) is 3. The van der Waals surface area contributed by atoms with E-state index in [1.807, 2.05) is 49.9 Å². The maximum atomic E-state index is 12.5. The highest BCUT2D eigenvalue weighted by molar-refractivity contribution is 7.15. The molecule has 0 saturated carbocycles. The van der Waals surface area contributed by atoms with Crippen molar-refractivity contribution in [3.63, 3.8) is 0 Å². The molecule has 2 heterocycles. The first kappa shape index (κ1) is 24.1. The van der Waals surface area contributed by atoms with Crippen molar-refractivity contribution in [2.45, 2.75) is 45.1 Å². The number of piperidine rings is 1. The molecular weight excluding hydrogens is 448 g/mol. The number of likely N-dealkylation sites (tertiary alicyclic amines) is 1. The number of rotatable bonds is 5. The van der Waals surface area contributed by atoms with E-state index in [0.29, 0.717) is 19.0 Å². The lowest BCUT2D eigenvalue weighted by molar-refractivity contribution is 0.0205. The first-order valence-electron chi connectivity index (χ1n) is 11.5. The molecule has 3 aromatic rings. The predicted molar refractivity (Wildman–Crippen MR) is 136 cm³/mol. The number of aromatic nitrogens is 1. The second-order valence-corrected chi connectivity index (χ2v) is 10.5. The fraction of sp³-hybridized carbons (Fsp3) is 0.407. The van der Waals surface area contributed by atoms with Gasteiger partial charge < -0.3 is 19.1 Å². The number of hydrogen-bond acceptors (Lipinski definition) is 6. The van der Waals surface area contributed by atoms with Gasteiger partial charge in [0.25, 0.3) is 0 Å². The summed E-state index contributed by atoms with van der Waals surface area (Å²) in [6.07, 6.45) is 1.51. The molecule has 0 aliphatic carbocycles. The van der Waals surface area contributed by atoms with Gasteiger partial charge in [-0.3, -0.25) is 0 Å². The van der Waals surface area contributed by atoms with E-state index in [1.54, 1.807) is 25.6 Å². The van der Waals surface area contributed by atoms with Crippen LogP contribution in [0.3, 0.4) is 0 Å². The molecule has 1 aliphatic rings. The van der Waals surface area contributed by atoms with Gasteiger partial charge in [0.15, 0.2) is 0 Å². The first-order valence-corrected chi connectivity index (χ1v) is 12.4. The van der Waals surface area contributed by atoms with E-state index in [2.05, 4.69) is 24.3 Å². The number of methoxy groups -OCH3 is 2. The Morgan fingerprint density at radius 2 is 1.44 bits per heavy atom. The van der Waals surface area contributed by atoms with Gasteiger partial charge in [0.05, 0.1) is 29.8 Å².